The lowest BCUT2D eigenvalue weighted by molar-refractivity contribution is -0.127. The van der Waals surface area contributed by atoms with Crippen molar-refractivity contribution in [1.82, 2.24) is 21.4 Å². The fraction of sp³-hybridized carbons (Fsp3) is 0.421. The maximum absolute atomic E-state index is 12.5. The number of carbonyl (C=O) groups excluding carboxylic acids is 4. The van der Waals surface area contributed by atoms with Crippen LogP contribution in [0.15, 0.2) is 35.4 Å². The number of hydrogen-bond donors (Lipinski definition) is 5. The van der Waals surface area contributed by atoms with Crippen molar-refractivity contribution in [1.29, 1.82) is 0 Å². The van der Waals surface area contributed by atoms with Gasteiger partial charge in [0.15, 0.2) is 5.78 Å². The summed E-state index contributed by atoms with van der Waals surface area (Å²) < 4.78 is 0. The molecule has 4 amide bonds. The number of benzene rings is 1. The molecule has 170 valence electrons. The molecule has 0 saturated carbocycles. The van der Waals surface area contributed by atoms with Crippen molar-refractivity contribution in [3.8, 4) is 0 Å². The Morgan fingerprint density at radius 2 is 1.74 bits per heavy atom. The van der Waals surface area contributed by atoms with Crippen LogP contribution in [0.5, 0.6) is 0 Å². The summed E-state index contributed by atoms with van der Waals surface area (Å²) in [6, 6.07) is 6.61. The van der Waals surface area contributed by atoms with Crippen molar-refractivity contribution < 1.29 is 19.2 Å². The number of nitrogens with zero attached hydrogens (tertiary/aromatic N) is 1. The Kier molecular flexibility index (Phi) is 11.9. The lowest BCUT2D eigenvalue weighted by Crippen LogP contribution is -2.48. The summed E-state index contributed by atoms with van der Waals surface area (Å²) in [7, 11) is 4.71. The highest BCUT2D eigenvalue weighted by Gasteiger charge is 2.22. The molecule has 0 aliphatic carbocycles. The summed E-state index contributed by atoms with van der Waals surface area (Å²) in [6.45, 7) is 2.87. The highest BCUT2D eigenvalue weighted by atomic mass is 31.1. The average molecular weight is 468 g/mol. The van der Waals surface area contributed by atoms with Crippen LogP contribution in [0.1, 0.15) is 38.3 Å². The predicted octanol–water partition coefficient (Wildman–Crippen LogP) is 0.366. The first-order valence-corrected chi connectivity index (χ1v) is 11.0. The van der Waals surface area contributed by atoms with E-state index in [1.165, 1.54) is 6.92 Å². The van der Waals surface area contributed by atoms with E-state index in [-0.39, 0.29) is 17.0 Å². The molecule has 0 fully saturated rings. The molecule has 6 N–H and O–H groups in total. The van der Waals surface area contributed by atoms with Crippen LogP contribution in [0.4, 0.5) is 4.79 Å². The number of nitrogens with one attached hydrogen (secondary N) is 4. The first-order valence-electron chi connectivity index (χ1n) is 9.69. The minimum Gasteiger partial charge on any atom is -0.342 e. The molecule has 10 nitrogen and oxygen atoms in total. The van der Waals surface area contributed by atoms with E-state index in [1.807, 2.05) is 6.92 Å². The summed E-state index contributed by atoms with van der Waals surface area (Å²) in [5.74, 6) is -1.49. The van der Waals surface area contributed by atoms with Gasteiger partial charge in [0.05, 0.1) is 18.1 Å². The number of amides is 4. The number of carbonyl (C=O) groups is 4. The van der Waals surface area contributed by atoms with Crippen molar-refractivity contribution in [2.45, 2.75) is 44.3 Å². The van der Waals surface area contributed by atoms with E-state index in [1.54, 1.807) is 30.3 Å². The zero-order chi connectivity index (χ0) is 23.4. The number of ketones is 1. The van der Waals surface area contributed by atoms with Crippen LogP contribution in [-0.4, -0.2) is 47.5 Å². The Morgan fingerprint density at radius 3 is 2.29 bits per heavy atom. The van der Waals surface area contributed by atoms with E-state index in [0.29, 0.717) is 18.4 Å². The largest absolute Gasteiger partial charge is 0.342 e. The fourth-order valence-electron chi connectivity index (χ4n) is 2.57. The molecule has 1 aromatic carbocycles. The van der Waals surface area contributed by atoms with Gasteiger partial charge in [-0.2, -0.15) is 5.10 Å². The number of nitrogens with two attached hydrogens (primary N) is 1. The summed E-state index contributed by atoms with van der Waals surface area (Å²) in [5, 5.41) is 11.4. The first-order chi connectivity index (χ1) is 14.6. The maximum Gasteiger partial charge on any atom is 0.335 e. The average Bonchev–Trinajstić information content (AvgIpc) is 2.70. The van der Waals surface area contributed by atoms with Crippen molar-refractivity contribution in [2.24, 2.45) is 10.8 Å². The zero-order valence-electron chi connectivity index (χ0n) is 17.6. The summed E-state index contributed by atoms with van der Waals surface area (Å²) in [4.78, 5) is 48.5. The summed E-state index contributed by atoms with van der Waals surface area (Å²) in [6.07, 6.45) is 1.15. The lowest BCUT2D eigenvalue weighted by Gasteiger charge is -2.17. The van der Waals surface area contributed by atoms with E-state index in [4.69, 9.17) is 5.73 Å². The third-order valence-electron chi connectivity index (χ3n) is 4.01. The molecule has 0 aliphatic rings. The van der Waals surface area contributed by atoms with Gasteiger partial charge in [0.2, 0.25) is 5.91 Å². The van der Waals surface area contributed by atoms with E-state index in [0.717, 1.165) is 0 Å². The molecule has 0 bridgehead atoms. The monoisotopic (exact) mass is 468 g/mol. The van der Waals surface area contributed by atoms with Gasteiger partial charge in [0.1, 0.15) is 11.8 Å². The Morgan fingerprint density at radius 1 is 1.10 bits per heavy atom. The summed E-state index contributed by atoms with van der Waals surface area (Å²) in [5.41, 5.74) is 8.47. The molecule has 1 rings (SSSR count). The smallest absolute Gasteiger partial charge is 0.335 e. The van der Waals surface area contributed by atoms with Gasteiger partial charge in [-0.1, -0.05) is 43.7 Å². The molecule has 0 radical (unpaired) electrons. The number of urea groups is 1. The minimum atomic E-state index is -0.821. The molecule has 12 heteroatoms. The quantitative estimate of drug-likeness (QED) is 0.180. The van der Waals surface area contributed by atoms with Gasteiger partial charge in [0.25, 0.3) is 5.91 Å². The molecule has 0 heterocycles. The molecular formula is C19H30N6O4P2. The second-order valence-corrected chi connectivity index (χ2v) is 8.91. The standard InChI is InChI=1S/C19H30N6O4P2/c1-3-7-13(20)16(24-25-18(29)23-19(30)31)17(28)21-10-14(27)22-15(11(2)26)12-8-5-4-6-9-12/h4-6,8-9,13,15,19H,3,7,10,20,30-31H2,1-2H3,(H,21,28)(H,22,27)(H2,23,25,29)/t13-,15+/m0/s1. The molecular weight excluding hydrogens is 438 g/mol. The Bertz CT molecular complexity index is 804. The second-order valence-electron chi connectivity index (χ2n) is 6.71. The topological polar surface area (TPSA) is 155 Å². The third-order valence-corrected chi connectivity index (χ3v) is 4.35. The Labute approximate surface area is 186 Å². The van der Waals surface area contributed by atoms with Gasteiger partial charge in [-0.3, -0.25) is 14.4 Å². The third kappa shape index (κ3) is 9.96. The van der Waals surface area contributed by atoms with E-state index in [9.17, 15) is 19.2 Å². The number of hydrogen-bond acceptors (Lipinski definition) is 6. The molecule has 0 spiro atoms. The van der Waals surface area contributed by atoms with E-state index < -0.39 is 36.5 Å². The van der Waals surface area contributed by atoms with Gasteiger partial charge < -0.3 is 21.7 Å². The van der Waals surface area contributed by atoms with Crippen LogP contribution in [-0.2, 0) is 14.4 Å². The normalized spacial score (nSPS) is 13.2. The maximum atomic E-state index is 12.5. The number of hydrazone groups is 1. The van der Waals surface area contributed by atoms with Gasteiger partial charge in [-0.25, -0.2) is 10.2 Å². The summed E-state index contributed by atoms with van der Waals surface area (Å²) >= 11 is 0. The Hall–Kier alpha value is -2.41. The second kappa shape index (κ2) is 13.8. The predicted molar refractivity (Wildman–Crippen MR) is 126 cm³/mol. The van der Waals surface area contributed by atoms with Crippen molar-refractivity contribution in [3.05, 3.63) is 35.9 Å². The molecule has 0 aromatic heterocycles. The van der Waals surface area contributed by atoms with Gasteiger partial charge in [-0.05, 0) is 18.9 Å². The van der Waals surface area contributed by atoms with Crippen LogP contribution in [0.3, 0.4) is 0 Å². The molecule has 0 saturated heterocycles. The molecule has 31 heavy (non-hydrogen) atoms. The van der Waals surface area contributed by atoms with Gasteiger partial charge in [-0.15, -0.1) is 18.5 Å². The highest BCUT2D eigenvalue weighted by molar-refractivity contribution is 7.37. The van der Waals surface area contributed by atoms with Crippen LogP contribution in [0.2, 0.25) is 0 Å². The van der Waals surface area contributed by atoms with E-state index in [2.05, 4.69) is 45.0 Å². The molecule has 4 atom stereocenters. The van der Waals surface area contributed by atoms with Crippen molar-refractivity contribution in [3.63, 3.8) is 0 Å². The van der Waals surface area contributed by atoms with Crippen molar-refractivity contribution >= 4 is 47.8 Å². The van der Waals surface area contributed by atoms with Crippen LogP contribution >= 0.6 is 18.5 Å². The van der Waals surface area contributed by atoms with Crippen LogP contribution in [0, 0.1) is 0 Å². The lowest BCUT2D eigenvalue weighted by atomic mass is 10.0. The van der Waals surface area contributed by atoms with Gasteiger partial charge >= 0.3 is 6.03 Å². The van der Waals surface area contributed by atoms with Crippen LogP contribution < -0.4 is 27.1 Å². The Balaban J connectivity index is 2.77. The highest BCUT2D eigenvalue weighted by Crippen LogP contribution is 2.13. The molecule has 1 aromatic rings. The number of rotatable bonds is 11. The molecule has 0 aliphatic heterocycles. The molecule has 2 unspecified atom stereocenters. The fourth-order valence-corrected chi connectivity index (χ4v) is 2.88. The van der Waals surface area contributed by atoms with Gasteiger partial charge in [0, 0.05) is 0 Å². The van der Waals surface area contributed by atoms with Crippen molar-refractivity contribution in [2.75, 3.05) is 6.54 Å². The van der Waals surface area contributed by atoms with Crippen LogP contribution in [0.25, 0.3) is 0 Å². The zero-order valence-corrected chi connectivity index (χ0v) is 19.9. The minimum absolute atomic E-state index is 0.111. The number of Topliss-reactive ketones (excluding diaryl/α,β-unsaturated/α-hetero) is 1. The first kappa shape index (κ1) is 26.6. The van der Waals surface area contributed by atoms with E-state index >= 15 is 0 Å². The SMILES string of the molecule is CCC[C@H](N)C(=NNC(=O)NC(P)P)C(=O)NCC(=O)N[C@H](C(C)=O)c1ccccc1.